The predicted octanol–water partition coefficient (Wildman–Crippen LogP) is 7.09. The molecule has 0 aliphatic carbocycles. The van der Waals surface area contributed by atoms with Crippen molar-refractivity contribution in [1.29, 1.82) is 0 Å². The van der Waals surface area contributed by atoms with Crippen molar-refractivity contribution in [2.24, 2.45) is 0 Å². The first kappa shape index (κ1) is 21.9. The number of rotatable bonds is 4. The summed E-state index contributed by atoms with van der Waals surface area (Å²) in [5.41, 5.74) is 2.92. The van der Waals surface area contributed by atoms with Gasteiger partial charge in [-0.25, -0.2) is 0 Å². The first-order chi connectivity index (χ1) is 11.1. The van der Waals surface area contributed by atoms with Crippen LogP contribution >= 0.6 is 27.7 Å². The monoisotopic (exact) mass is 394 g/mol. The maximum absolute atomic E-state index is 12.4. The van der Waals surface area contributed by atoms with Gasteiger partial charge in [0.15, 0.2) is 5.78 Å². The van der Waals surface area contributed by atoms with Crippen LogP contribution in [0.25, 0.3) is 0 Å². The van der Waals surface area contributed by atoms with Gasteiger partial charge in [0.2, 0.25) is 0 Å². The zero-order chi connectivity index (χ0) is 17.8. The van der Waals surface area contributed by atoms with Gasteiger partial charge < -0.3 is 0 Å². The van der Waals surface area contributed by atoms with Crippen LogP contribution in [0.5, 0.6) is 0 Å². The van der Waals surface area contributed by atoms with Gasteiger partial charge in [0.1, 0.15) is 4.83 Å². The van der Waals surface area contributed by atoms with E-state index < -0.39 is 0 Å². The van der Waals surface area contributed by atoms with E-state index in [1.165, 1.54) is 5.56 Å². The Hall–Kier alpha value is -1.06. The van der Waals surface area contributed by atoms with Gasteiger partial charge in [-0.1, -0.05) is 85.6 Å². The van der Waals surface area contributed by atoms with Crippen LogP contribution in [0.1, 0.15) is 54.0 Å². The Labute approximate surface area is 154 Å². The highest BCUT2D eigenvalue weighted by atomic mass is 79.9. The predicted molar refractivity (Wildman–Crippen MR) is 108 cm³/mol. The van der Waals surface area contributed by atoms with Crippen LogP contribution < -0.4 is 0 Å². The van der Waals surface area contributed by atoms with Crippen LogP contribution in [0, 0.1) is 6.92 Å². The second kappa shape index (κ2) is 12.4. The Bertz CT molecular complexity index is 561. The Morgan fingerprint density at radius 2 is 1.39 bits per heavy atom. The first-order valence-electron chi connectivity index (χ1n) is 8.00. The van der Waals surface area contributed by atoms with Gasteiger partial charge in [0.05, 0.1) is 0 Å². The Balaban J connectivity index is 0.00000112. The minimum Gasteiger partial charge on any atom is -0.293 e. The van der Waals surface area contributed by atoms with E-state index in [0.29, 0.717) is 0 Å². The number of benzene rings is 2. The molecular weight excluding hydrogens is 368 g/mol. The van der Waals surface area contributed by atoms with Crippen molar-refractivity contribution in [2.75, 3.05) is 6.26 Å². The van der Waals surface area contributed by atoms with Gasteiger partial charge in [-0.2, -0.15) is 0 Å². The lowest BCUT2D eigenvalue weighted by atomic mass is 10.0. The van der Waals surface area contributed by atoms with Crippen LogP contribution in [0.15, 0.2) is 53.4 Å². The SMILES string of the molecule is CC.CC.CSc1ccc(C(=O)C(Br)c2ccc(C)cc2)cc1. The van der Waals surface area contributed by atoms with Crippen molar-refractivity contribution in [3.8, 4) is 0 Å². The van der Waals surface area contributed by atoms with Crippen LogP contribution in [0.3, 0.4) is 0 Å². The van der Waals surface area contributed by atoms with E-state index in [1.54, 1.807) is 11.8 Å². The molecule has 2 rings (SSSR count). The molecule has 0 amide bonds. The lowest BCUT2D eigenvalue weighted by molar-refractivity contribution is 0.0991. The molecule has 2 aromatic rings. The summed E-state index contributed by atoms with van der Waals surface area (Å²) >= 11 is 5.17. The number of aryl methyl sites for hydroxylation is 1. The molecule has 3 heteroatoms. The zero-order valence-electron chi connectivity index (χ0n) is 14.9. The lowest BCUT2D eigenvalue weighted by Gasteiger charge is -2.10. The molecule has 0 aromatic heterocycles. The van der Waals surface area contributed by atoms with Crippen molar-refractivity contribution < 1.29 is 4.79 Å². The van der Waals surface area contributed by atoms with Gasteiger partial charge in [-0.15, -0.1) is 11.8 Å². The fourth-order valence-electron chi connectivity index (χ4n) is 1.79. The molecule has 1 nitrogen and oxygen atoms in total. The van der Waals surface area contributed by atoms with E-state index in [4.69, 9.17) is 0 Å². The summed E-state index contributed by atoms with van der Waals surface area (Å²) in [5.74, 6) is 0.0940. The van der Waals surface area contributed by atoms with Gasteiger partial charge in [-0.3, -0.25) is 4.79 Å². The molecule has 0 bridgehead atoms. The standard InChI is InChI=1S/C16H15BrOS.2C2H6/c1-11-3-5-12(6-4-11)15(17)16(18)13-7-9-14(19-2)10-8-13;2*1-2/h3-10,15H,1-2H3;2*1-2H3. The van der Waals surface area contributed by atoms with Crippen LogP contribution in [0.2, 0.25) is 0 Å². The summed E-state index contributed by atoms with van der Waals surface area (Å²) in [6.07, 6.45) is 2.02. The van der Waals surface area contributed by atoms with E-state index in [-0.39, 0.29) is 10.6 Å². The fourth-order valence-corrected chi connectivity index (χ4v) is 2.77. The molecule has 0 aliphatic rings. The average Bonchev–Trinajstić information content (AvgIpc) is 2.64. The normalized spacial score (nSPS) is 10.6. The van der Waals surface area contributed by atoms with E-state index in [1.807, 2.05) is 89.4 Å². The van der Waals surface area contributed by atoms with Crippen molar-refractivity contribution in [1.82, 2.24) is 0 Å². The third kappa shape index (κ3) is 6.92. The second-order valence-electron chi connectivity index (χ2n) is 4.37. The molecule has 23 heavy (non-hydrogen) atoms. The van der Waals surface area contributed by atoms with Crippen molar-refractivity contribution in [3.05, 3.63) is 65.2 Å². The third-order valence-electron chi connectivity index (χ3n) is 2.97. The number of hydrogen-bond acceptors (Lipinski definition) is 2. The number of halogens is 1. The highest BCUT2D eigenvalue weighted by Gasteiger charge is 2.18. The molecule has 0 heterocycles. The largest absolute Gasteiger partial charge is 0.293 e. The summed E-state index contributed by atoms with van der Waals surface area (Å²) < 4.78 is 0. The molecule has 0 N–H and O–H groups in total. The minimum absolute atomic E-state index is 0.0940. The Morgan fingerprint density at radius 3 is 1.83 bits per heavy atom. The molecule has 0 fully saturated rings. The van der Waals surface area contributed by atoms with Crippen molar-refractivity contribution in [3.63, 3.8) is 0 Å². The van der Waals surface area contributed by atoms with Crippen LogP contribution in [0.4, 0.5) is 0 Å². The van der Waals surface area contributed by atoms with Crippen molar-refractivity contribution >= 4 is 33.5 Å². The lowest BCUT2D eigenvalue weighted by Crippen LogP contribution is -2.06. The minimum atomic E-state index is -0.284. The molecule has 0 saturated carbocycles. The quantitative estimate of drug-likeness (QED) is 0.312. The molecule has 0 radical (unpaired) electrons. The second-order valence-corrected chi connectivity index (χ2v) is 6.16. The summed E-state index contributed by atoms with van der Waals surface area (Å²) in [7, 11) is 0. The number of alkyl halides is 1. The molecule has 2 aromatic carbocycles. The Morgan fingerprint density at radius 1 is 0.913 bits per heavy atom. The van der Waals surface area contributed by atoms with Gasteiger partial charge in [0.25, 0.3) is 0 Å². The maximum atomic E-state index is 12.4. The third-order valence-corrected chi connectivity index (χ3v) is 4.66. The van der Waals surface area contributed by atoms with Crippen LogP contribution in [-0.2, 0) is 0 Å². The Kier molecular flexibility index (Phi) is 11.8. The summed E-state index contributed by atoms with van der Waals surface area (Å²) in [6, 6.07) is 15.7. The highest BCUT2D eigenvalue weighted by Crippen LogP contribution is 2.28. The fraction of sp³-hybridized carbons (Fsp3) is 0.350. The summed E-state index contributed by atoms with van der Waals surface area (Å²) in [4.78, 5) is 13.3. The number of carbonyl (C=O) groups excluding carboxylic acids is 1. The molecular formula is C20H27BrOS. The van der Waals surface area contributed by atoms with E-state index in [0.717, 1.165) is 16.0 Å². The molecule has 1 unspecified atom stereocenters. The number of Topliss-reactive ketones (excluding diaryl/α,β-unsaturated/α-hetero) is 1. The zero-order valence-corrected chi connectivity index (χ0v) is 17.3. The molecule has 0 spiro atoms. The topological polar surface area (TPSA) is 17.1 Å². The van der Waals surface area contributed by atoms with Gasteiger partial charge in [0, 0.05) is 10.5 Å². The number of ketones is 1. The summed E-state index contributed by atoms with van der Waals surface area (Å²) in [5, 5.41) is 0. The van der Waals surface area contributed by atoms with E-state index in [9.17, 15) is 4.79 Å². The smallest absolute Gasteiger partial charge is 0.180 e. The summed E-state index contributed by atoms with van der Waals surface area (Å²) in [6.45, 7) is 10.0. The van der Waals surface area contributed by atoms with E-state index in [2.05, 4.69) is 15.9 Å². The number of carbonyl (C=O) groups is 1. The first-order valence-corrected chi connectivity index (χ1v) is 10.1. The molecule has 1 atom stereocenters. The van der Waals surface area contributed by atoms with Gasteiger partial charge >= 0.3 is 0 Å². The highest BCUT2D eigenvalue weighted by molar-refractivity contribution is 9.09. The van der Waals surface area contributed by atoms with Crippen molar-refractivity contribution in [2.45, 2.75) is 44.3 Å². The molecule has 0 saturated heterocycles. The number of thioether (sulfide) groups is 1. The number of hydrogen-bond donors (Lipinski definition) is 0. The van der Waals surface area contributed by atoms with Crippen LogP contribution in [-0.4, -0.2) is 12.0 Å². The molecule has 126 valence electrons. The van der Waals surface area contributed by atoms with Gasteiger partial charge in [-0.05, 0) is 30.9 Å². The maximum Gasteiger partial charge on any atom is 0.180 e. The molecule has 0 aliphatic heterocycles. The average molecular weight is 395 g/mol. The van der Waals surface area contributed by atoms with E-state index >= 15 is 0 Å².